The number of carboxylic acids is 1. The molecule has 0 saturated heterocycles. The van der Waals surface area contributed by atoms with E-state index in [0.29, 0.717) is 5.56 Å². The van der Waals surface area contributed by atoms with Crippen LogP contribution in [0.5, 0.6) is 5.75 Å². The first-order chi connectivity index (χ1) is 16.7. The maximum atomic E-state index is 14.6. The SMILES string of the molecule is C[C@H](C1CC1)n1c(-c2ccc(NS(=O)(=O)C(C)(C)C)nc2)c(C(=O)O)c2cc(F)c(OC(F)F)cc21. The van der Waals surface area contributed by atoms with Gasteiger partial charge in [0.2, 0.25) is 10.0 Å². The Labute approximate surface area is 206 Å². The first-order valence-electron chi connectivity index (χ1n) is 11.3. The van der Waals surface area contributed by atoms with Gasteiger partial charge >= 0.3 is 12.6 Å². The van der Waals surface area contributed by atoms with Crippen molar-refractivity contribution in [2.75, 3.05) is 4.72 Å². The number of aromatic nitrogens is 2. The Bertz CT molecular complexity index is 1430. The molecular formula is C24H26F3N3O5S. The van der Waals surface area contributed by atoms with E-state index in [1.54, 1.807) is 4.57 Å². The lowest BCUT2D eigenvalue weighted by molar-refractivity contribution is -0.0521. The number of nitrogens with zero attached hydrogens (tertiary/aromatic N) is 2. The van der Waals surface area contributed by atoms with Crippen molar-refractivity contribution in [2.24, 2.45) is 5.92 Å². The van der Waals surface area contributed by atoms with Gasteiger partial charge in [-0.25, -0.2) is 22.6 Å². The minimum absolute atomic E-state index is 0.0293. The van der Waals surface area contributed by atoms with Crippen molar-refractivity contribution in [1.82, 2.24) is 9.55 Å². The normalized spacial score (nSPS) is 15.3. The molecule has 0 amide bonds. The largest absolute Gasteiger partial charge is 0.478 e. The summed E-state index contributed by atoms with van der Waals surface area (Å²) in [6, 6.07) is 4.65. The highest BCUT2D eigenvalue weighted by molar-refractivity contribution is 7.94. The number of halogens is 3. The maximum absolute atomic E-state index is 14.6. The Morgan fingerprint density at radius 3 is 2.42 bits per heavy atom. The molecule has 36 heavy (non-hydrogen) atoms. The summed E-state index contributed by atoms with van der Waals surface area (Å²) in [7, 11) is -3.74. The fourth-order valence-corrected chi connectivity index (χ4v) is 4.80. The van der Waals surface area contributed by atoms with Crippen molar-refractivity contribution in [3.8, 4) is 17.0 Å². The lowest BCUT2D eigenvalue weighted by Gasteiger charge is -2.21. The lowest BCUT2D eigenvalue weighted by Crippen LogP contribution is -2.33. The standard InChI is InChI=1S/C24H26F3N3O5S/c1-12(13-5-6-13)30-17-10-18(35-23(26)27)16(25)9-15(17)20(22(31)32)21(30)14-7-8-19(28-11-14)29-36(33,34)24(2,3)4/h7-13,23H,5-6H2,1-4H3,(H,28,29)(H,31,32)/t12-/m1/s1. The van der Waals surface area contributed by atoms with Crippen molar-refractivity contribution >= 4 is 32.7 Å². The number of rotatable bonds is 8. The van der Waals surface area contributed by atoms with Crippen LogP contribution >= 0.6 is 0 Å². The molecule has 1 aliphatic carbocycles. The molecule has 1 saturated carbocycles. The highest BCUT2D eigenvalue weighted by Gasteiger charge is 2.35. The molecule has 1 aliphatic rings. The van der Waals surface area contributed by atoms with Crippen molar-refractivity contribution in [3.63, 3.8) is 0 Å². The van der Waals surface area contributed by atoms with E-state index in [2.05, 4.69) is 14.4 Å². The Morgan fingerprint density at radius 2 is 1.92 bits per heavy atom. The van der Waals surface area contributed by atoms with Gasteiger partial charge in [0, 0.05) is 29.3 Å². The molecule has 2 heterocycles. The van der Waals surface area contributed by atoms with E-state index < -0.39 is 38.9 Å². The number of nitrogens with one attached hydrogen (secondary N) is 1. The van der Waals surface area contributed by atoms with Gasteiger partial charge in [-0.1, -0.05) is 0 Å². The summed E-state index contributed by atoms with van der Waals surface area (Å²) in [5, 5.41) is 10.1. The quantitative estimate of drug-likeness (QED) is 0.393. The molecular weight excluding hydrogens is 499 g/mol. The van der Waals surface area contributed by atoms with Gasteiger partial charge in [0.15, 0.2) is 11.6 Å². The Morgan fingerprint density at radius 1 is 1.25 bits per heavy atom. The zero-order valence-electron chi connectivity index (χ0n) is 20.0. The van der Waals surface area contributed by atoms with Crippen molar-refractivity contribution in [2.45, 2.75) is 57.9 Å². The number of pyridine rings is 1. The Balaban J connectivity index is 1.91. The molecule has 4 rings (SSSR count). The summed E-state index contributed by atoms with van der Waals surface area (Å²) in [4.78, 5) is 16.5. The first-order valence-corrected chi connectivity index (χ1v) is 12.7. The van der Waals surface area contributed by atoms with E-state index in [-0.39, 0.29) is 39.9 Å². The van der Waals surface area contributed by atoms with Gasteiger partial charge in [-0.3, -0.25) is 4.72 Å². The van der Waals surface area contributed by atoms with Crippen LogP contribution in [0.15, 0.2) is 30.5 Å². The average Bonchev–Trinajstić information content (AvgIpc) is 3.55. The molecule has 0 spiro atoms. The topological polar surface area (TPSA) is 111 Å². The molecule has 3 aromatic rings. The molecule has 0 aliphatic heterocycles. The third-order valence-electron chi connectivity index (χ3n) is 6.28. The number of aromatic carboxylic acids is 1. The molecule has 0 radical (unpaired) electrons. The highest BCUT2D eigenvalue weighted by Crippen LogP contribution is 2.46. The number of anilines is 1. The zero-order chi connectivity index (χ0) is 26.6. The maximum Gasteiger partial charge on any atom is 0.387 e. The smallest absolute Gasteiger partial charge is 0.387 e. The van der Waals surface area contributed by atoms with Crippen LogP contribution < -0.4 is 9.46 Å². The molecule has 1 aromatic carbocycles. The summed E-state index contributed by atoms with van der Waals surface area (Å²) < 4.78 is 72.6. The number of ether oxygens (including phenoxy) is 1. The summed E-state index contributed by atoms with van der Waals surface area (Å²) in [5.74, 6) is -2.87. The average molecular weight is 526 g/mol. The second kappa shape index (κ2) is 8.99. The third-order valence-corrected chi connectivity index (χ3v) is 8.37. The van der Waals surface area contributed by atoms with Crippen LogP contribution in [-0.2, 0) is 10.0 Å². The summed E-state index contributed by atoms with van der Waals surface area (Å²) >= 11 is 0. The Hall–Kier alpha value is -3.28. The van der Waals surface area contributed by atoms with Gasteiger partial charge in [-0.2, -0.15) is 8.78 Å². The monoisotopic (exact) mass is 525 g/mol. The first kappa shape index (κ1) is 25.8. The number of carboxylic acid groups (broad SMARTS) is 1. The molecule has 194 valence electrons. The molecule has 0 unspecified atom stereocenters. The molecule has 2 aromatic heterocycles. The van der Waals surface area contributed by atoms with Gasteiger partial charge in [-0.15, -0.1) is 0 Å². The molecule has 1 atom stereocenters. The van der Waals surface area contributed by atoms with Crippen LogP contribution in [0.2, 0.25) is 0 Å². The molecule has 12 heteroatoms. The van der Waals surface area contributed by atoms with Gasteiger partial charge in [0.1, 0.15) is 5.82 Å². The van der Waals surface area contributed by atoms with E-state index in [1.807, 2.05) is 6.92 Å². The second-order valence-corrected chi connectivity index (χ2v) is 12.2. The van der Waals surface area contributed by atoms with Gasteiger partial charge in [0.25, 0.3) is 0 Å². The summed E-state index contributed by atoms with van der Waals surface area (Å²) in [6.45, 7) is 3.22. The molecule has 0 bridgehead atoms. The number of alkyl halides is 2. The predicted octanol–water partition coefficient (Wildman–Crippen LogP) is 5.65. The van der Waals surface area contributed by atoms with Crippen molar-refractivity contribution in [3.05, 3.63) is 41.8 Å². The third kappa shape index (κ3) is 4.73. The lowest BCUT2D eigenvalue weighted by atomic mass is 10.1. The summed E-state index contributed by atoms with van der Waals surface area (Å²) in [6.07, 6.45) is 3.12. The minimum atomic E-state index is -3.74. The van der Waals surface area contributed by atoms with E-state index in [9.17, 15) is 31.5 Å². The highest BCUT2D eigenvalue weighted by atomic mass is 32.2. The predicted molar refractivity (Wildman–Crippen MR) is 128 cm³/mol. The minimum Gasteiger partial charge on any atom is -0.478 e. The van der Waals surface area contributed by atoms with E-state index in [4.69, 9.17) is 0 Å². The van der Waals surface area contributed by atoms with Crippen LogP contribution in [0, 0.1) is 11.7 Å². The van der Waals surface area contributed by atoms with Crippen LogP contribution in [0.3, 0.4) is 0 Å². The number of fused-ring (bicyclic) bond motifs is 1. The van der Waals surface area contributed by atoms with E-state index in [0.717, 1.165) is 25.0 Å². The number of hydrogen-bond donors (Lipinski definition) is 2. The number of carbonyl (C=O) groups is 1. The zero-order valence-corrected chi connectivity index (χ0v) is 20.9. The van der Waals surface area contributed by atoms with Gasteiger partial charge in [0.05, 0.1) is 21.5 Å². The molecule has 8 nitrogen and oxygen atoms in total. The fourth-order valence-electron chi connectivity index (χ4n) is 4.09. The van der Waals surface area contributed by atoms with Gasteiger partial charge < -0.3 is 14.4 Å². The number of sulfonamides is 1. The van der Waals surface area contributed by atoms with Crippen molar-refractivity contribution < 1.29 is 36.2 Å². The number of benzene rings is 1. The second-order valence-electron chi connectivity index (χ2n) is 9.81. The van der Waals surface area contributed by atoms with E-state index in [1.165, 1.54) is 39.1 Å². The van der Waals surface area contributed by atoms with E-state index >= 15 is 0 Å². The fraction of sp³-hybridized carbons (Fsp3) is 0.417. The Kier molecular flexibility index (Phi) is 6.44. The number of hydrogen-bond acceptors (Lipinski definition) is 5. The summed E-state index contributed by atoms with van der Waals surface area (Å²) in [5.41, 5.74) is 0.566. The van der Waals surface area contributed by atoms with Crippen LogP contribution in [0.4, 0.5) is 19.0 Å². The molecule has 1 fully saturated rings. The van der Waals surface area contributed by atoms with Crippen LogP contribution in [-0.4, -0.2) is 40.4 Å². The van der Waals surface area contributed by atoms with Gasteiger partial charge in [-0.05, 0) is 64.7 Å². The van der Waals surface area contributed by atoms with Crippen molar-refractivity contribution in [1.29, 1.82) is 0 Å². The van der Waals surface area contributed by atoms with Crippen LogP contribution in [0.1, 0.15) is 56.9 Å². The molecule has 2 N–H and O–H groups in total. The van der Waals surface area contributed by atoms with Crippen LogP contribution in [0.25, 0.3) is 22.2 Å².